The third-order valence-corrected chi connectivity index (χ3v) is 3.57. The van der Waals surface area contributed by atoms with E-state index in [0.29, 0.717) is 6.04 Å². The van der Waals surface area contributed by atoms with E-state index in [4.69, 9.17) is 0 Å². The van der Waals surface area contributed by atoms with Gasteiger partial charge in [-0.3, -0.25) is 0 Å². The molecule has 0 aromatic carbocycles. The minimum Gasteiger partial charge on any atom is -0.370 e. The molecule has 1 radical (unpaired) electrons. The van der Waals surface area contributed by atoms with Crippen molar-refractivity contribution < 1.29 is 0 Å². The normalized spacial score (nSPS) is 14.9. The van der Waals surface area contributed by atoms with Gasteiger partial charge < -0.3 is 10.6 Å². The van der Waals surface area contributed by atoms with Crippen LogP contribution in [0.25, 0.3) is 0 Å². The molecule has 0 amide bonds. The third-order valence-electron chi connectivity index (χ3n) is 3.57. The lowest BCUT2D eigenvalue weighted by molar-refractivity contribution is 0.770. The van der Waals surface area contributed by atoms with Crippen LogP contribution in [-0.4, -0.2) is 27.5 Å². The van der Waals surface area contributed by atoms with E-state index < -0.39 is 0 Å². The lowest BCUT2D eigenvalue weighted by Crippen LogP contribution is -2.17. The van der Waals surface area contributed by atoms with Crippen molar-refractivity contribution in [1.82, 2.24) is 15.0 Å². The van der Waals surface area contributed by atoms with Crippen LogP contribution in [0.1, 0.15) is 31.0 Å². The molecule has 2 N–H and O–H groups in total. The molecule has 109 valence electrons. The van der Waals surface area contributed by atoms with Gasteiger partial charge in [-0.15, -0.1) is 0 Å². The van der Waals surface area contributed by atoms with Gasteiger partial charge >= 0.3 is 0 Å². The number of hydrogen-bond donors (Lipinski definition) is 2. The van der Waals surface area contributed by atoms with Gasteiger partial charge in [-0.25, -0.2) is 15.0 Å². The summed E-state index contributed by atoms with van der Waals surface area (Å²) in [6.07, 6.45) is 8.67. The highest BCUT2D eigenvalue weighted by Gasteiger charge is 2.11. The molecule has 1 aliphatic rings. The monoisotopic (exact) mass is 282 g/mol. The summed E-state index contributed by atoms with van der Waals surface area (Å²) in [6, 6.07) is 6.45. The zero-order valence-corrected chi connectivity index (χ0v) is 12.2. The van der Waals surface area contributed by atoms with Gasteiger partial charge in [-0.2, -0.15) is 0 Å². The molecule has 3 heterocycles. The summed E-state index contributed by atoms with van der Waals surface area (Å²) in [5.74, 6) is 1.90. The number of hydrogen-bond acceptors (Lipinski definition) is 5. The van der Waals surface area contributed by atoms with E-state index in [1.54, 1.807) is 12.5 Å². The Morgan fingerprint density at radius 3 is 3.19 bits per heavy atom. The molecule has 5 nitrogen and oxygen atoms in total. The molecule has 5 heteroatoms. The minimum absolute atomic E-state index is 0.297. The predicted molar refractivity (Wildman–Crippen MR) is 84.2 cm³/mol. The number of anilines is 2. The smallest absolute Gasteiger partial charge is 0.129 e. The van der Waals surface area contributed by atoms with Crippen LogP contribution >= 0.6 is 0 Å². The lowest BCUT2D eigenvalue weighted by Gasteiger charge is -2.18. The number of aryl methyl sites for hydroxylation is 1. The summed E-state index contributed by atoms with van der Waals surface area (Å²) in [6.45, 7) is 3.16. The molecule has 0 saturated heterocycles. The first-order valence-electron chi connectivity index (χ1n) is 7.41. The maximum absolute atomic E-state index is 4.67. The van der Waals surface area contributed by atoms with Crippen molar-refractivity contribution >= 4 is 11.6 Å². The average Bonchev–Trinajstić information content (AvgIpc) is 2.54. The van der Waals surface area contributed by atoms with E-state index in [9.17, 15) is 0 Å². The minimum atomic E-state index is 0.297. The quantitative estimate of drug-likeness (QED) is 0.882. The number of rotatable bonds is 5. The molecule has 21 heavy (non-hydrogen) atoms. The Hall–Kier alpha value is -2.17. The first-order chi connectivity index (χ1) is 10.3. The summed E-state index contributed by atoms with van der Waals surface area (Å²) < 4.78 is 0. The summed E-state index contributed by atoms with van der Waals surface area (Å²) in [4.78, 5) is 12.8. The van der Waals surface area contributed by atoms with Crippen LogP contribution in [0.3, 0.4) is 0 Å². The number of fused-ring (bicyclic) bond motifs is 1. The molecule has 0 spiro atoms. The van der Waals surface area contributed by atoms with Gasteiger partial charge in [0.15, 0.2) is 0 Å². The van der Waals surface area contributed by atoms with Crippen LogP contribution in [0.15, 0.2) is 30.7 Å². The van der Waals surface area contributed by atoms with Crippen LogP contribution < -0.4 is 10.6 Å². The summed E-state index contributed by atoms with van der Waals surface area (Å²) in [5.41, 5.74) is 2.35. The SMILES string of the molecule is C[C@@H](C[CH]c1ccc2c(n1)NCCC2)Nc1ccncn1. The third kappa shape index (κ3) is 3.68. The van der Waals surface area contributed by atoms with Crippen LogP contribution in [0, 0.1) is 6.42 Å². The first kappa shape index (κ1) is 13.8. The molecule has 0 bridgehead atoms. The van der Waals surface area contributed by atoms with Crippen molar-refractivity contribution in [1.29, 1.82) is 0 Å². The van der Waals surface area contributed by atoms with Crippen LogP contribution in [0.4, 0.5) is 11.6 Å². The van der Waals surface area contributed by atoms with E-state index in [0.717, 1.165) is 36.7 Å². The van der Waals surface area contributed by atoms with Gasteiger partial charge in [0, 0.05) is 30.9 Å². The second-order valence-electron chi connectivity index (χ2n) is 5.35. The van der Waals surface area contributed by atoms with E-state index in [1.165, 1.54) is 12.0 Å². The average molecular weight is 282 g/mol. The Morgan fingerprint density at radius 1 is 1.38 bits per heavy atom. The molecule has 3 rings (SSSR count). The fourth-order valence-corrected chi connectivity index (χ4v) is 2.44. The van der Waals surface area contributed by atoms with Gasteiger partial charge in [0.1, 0.15) is 18.0 Å². The standard InChI is InChI=1S/C16H20N5/c1-12(20-15-8-10-17-11-19-15)4-6-14-7-5-13-3-2-9-18-16(13)21-14/h5-8,10-12H,2-4,9H2,1H3,(H,18,21)(H,17,19,20)/t12-/m0/s1. The van der Waals surface area contributed by atoms with Gasteiger partial charge in [-0.05, 0) is 43.9 Å². The Morgan fingerprint density at radius 2 is 2.33 bits per heavy atom. The highest BCUT2D eigenvalue weighted by atomic mass is 15.0. The van der Waals surface area contributed by atoms with Crippen molar-refractivity contribution in [3.8, 4) is 0 Å². The molecule has 0 saturated carbocycles. The zero-order valence-electron chi connectivity index (χ0n) is 12.2. The van der Waals surface area contributed by atoms with E-state index in [-0.39, 0.29) is 0 Å². The fraction of sp³-hybridized carbons (Fsp3) is 0.375. The molecular formula is C16H20N5. The van der Waals surface area contributed by atoms with Gasteiger partial charge in [0.05, 0.1) is 0 Å². The second kappa shape index (κ2) is 6.52. The number of nitrogens with zero attached hydrogens (tertiary/aromatic N) is 3. The number of pyridine rings is 1. The molecule has 2 aromatic rings. The fourth-order valence-electron chi connectivity index (χ4n) is 2.44. The highest BCUT2D eigenvalue weighted by Crippen LogP contribution is 2.21. The largest absolute Gasteiger partial charge is 0.370 e. The van der Waals surface area contributed by atoms with E-state index in [1.807, 2.05) is 6.07 Å². The molecule has 1 atom stereocenters. The van der Waals surface area contributed by atoms with Crippen LogP contribution in [0.2, 0.25) is 0 Å². The molecule has 1 aliphatic heterocycles. The summed E-state index contributed by atoms with van der Waals surface area (Å²) in [5, 5.41) is 6.72. The second-order valence-corrected chi connectivity index (χ2v) is 5.35. The molecule has 0 aliphatic carbocycles. The Kier molecular flexibility index (Phi) is 4.28. The lowest BCUT2D eigenvalue weighted by atomic mass is 10.1. The summed E-state index contributed by atoms with van der Waals surface area (Å²) in [7, 11) is 0. The van der Waals surface area contributed by atoms with E-state index in [2.05, 4.69) is 51.1 Å². The number of aromatic nitrogens is 3. The van der Waals surface area contributed by atoms with E-state index >= 15 is 0 Å². The van der Waals surface area contributed by atoms with Crippen molar-refractivity contribution in [3.05, 3.63) is 48.4 Å². The van der Waals surface area contributed by atoms with Gasteiger partial charge in [-0.1, -0.05) is 6.07 Å². The Balaban J connectivity index is 1.55. The molecule has 0 fully saturated rings. The van der Waals surface area contributed by atoms with Gasteiger partial charge in [0.25, 0.3) is 0 Å². The van der Waals surface area contributed by atoms with Crippen LogP contribution in [-0.2, 0) is 6.42 Å². The molecule has 0 unspecified atom stereocenters. The Bertz CT molecular complexity index is 584. The maximum atomic E-state index is 4.67. The zero-order chi connectivity index (χ0) is 14.5. The van der Waals surface area contributed by atoms with Crippen molar-refractivity contribution in [2.75, 3.05) is 17.2 Å². The first-order valence-corrected chi connectivity index (χ1v) is 7.41. The molecular weight excluding hydrogens is 262 g/mol. The highest BCUT2D eigenvalue weighted by molar-refractivity contribution is 5.47. The maximum Gasteiger partial charge on any atom is 0.129 e. The topological polar surface area (TPSA) is 62.7 Å². The van der Waals surface area contributed by atoms with Crippen molar-refractivity contribution in [3.63, 3.8) is 0 Å². The summed E-state index contributed by atoms with van der Waals surface area (Å²) >= 11 is 0. The van der Waals surface area contributed by atoms with Crippen molar-refractivity contribution in [2.24, 2.45) is 0 Å². The molecule has 2 aromatic heterocycles. The van der Waals surface area contributed by atoms with Crippen LogP contribution in [0.5, 0.6) is 0 Å². The van der Waals surface area contributed by atoms with Crippen molar-refractivity contribution in [2.45, 2.75) is 32.2 Å². The Labute approximate surface area is 125 Å². The van der Waals surface area contributed by atoms with Gasteiger partial charge in [0.2, 0.25) is 0 Å². The predicted octanol–water partition coefficient (Wildman–Crippen LogP) is 2.67. The number of nitrogens with one attached hydrogen (secondary N) is 2.